The second-order valence-corrected chi connectivity index (χ2v) is 4.06. The molecule has 4 nitrogen and oxygen atoms in total. The summed E-state index contributed by atoms with van der Waals surface area (Å²) >= 11 is 0. The highest BCUT2D eigenvalue weighted by Gasteiger charge is 2.06. The van der Waals surface area contributed by atoms with Crippen LogP contribution in [0.15, 0.2) is 55.3 Å². The van der Waals surface area contributed by atoms with Crippen molar-refractivity contribution in [3.8, 4) is 0 Å². The SMILES string of the molecule is C=CCNC(=O)c1cc(Nc2ccc(F)cc2)ccn1. The maximum atomic E-state index is 12.8. The minimum atomic E-state index is -0.297. The molecule has 1 amide bonds. The molecule has 0 spiro atoms. The molecule has 2 rings (SSSR count). The number of amides is 1. The fraction of sp³-hybridized carbons (Fsp3) is 0.0667. The molecule has 1 aromatic heterocycles. The lowest BCUT2D eigenvalue weighted by Gasteiger charge is -2.08. The van der Waals surface area contributed by atoms with Crippen molar-refractivity contribution in [1.29, 1.82) is 0 Å². The number of carbonyl (C=O) groups is 1. The van der Waals surface area contributed by atoms with Crippen LogP contribution in [0.3, 0.4) is 0 Å². The van der Waals surface area contributed by atoms with Crippen LogP contribution < -0.4 is 10.6 Å². The highest BCUT2D eigenvalue weighted by molar-refractivity contribution is 5.93. The van der Waals surface area contributed by atoms with E-state index in [-0.39, 0.29) is 11.7 Å². The summed E-state index contributed by atoms with van der Waals surface area (Å²) in [5.41, 5.74) is 1.74. The third-order valence-corrected chi connectivity index (χ3v) is 2.53. The van der Waals surface area contributed by atoms with Crippen molar-refractivity contribution < 1.29 is 9.18 Å². The van der Waals surface area contributed by atoms with E-state index in [1.165, 1.54) is 18.3 Å². The van der Waals surface area contributed by atoms with E-state index in [4.69, 9.17) is 0 Å². The fourth-order valence-corrected chi connectivity index (χ4v) is 1.59. The van der Waals surface area contributed by atoms with Gasteiger partial charge in [-0.2, -0.15) is 0 Å². The van der Waals surface area contributed by atoms with Crippen LogP contribution in [-0.2, 0) is 0 Å². The second kappa shape index (κ2) is 6.47. The lowest BCUT2D eigenvalue weighted by molar-refractivity contribution is 0.0953. The number of hydrogen-bond donors (Lipinski definition) is 2. The smallest absolute Gasteiger partial charge is 0.270 e. The first-order chi connectivity index (χ1) is 9.69. The summed E-state index contributed by atoms with van der Waals surface area (Å²) in [7, 11) is 0. The number of aromatic nitrogens is 1. The zero-order valence-electron chi connectivity index (χ0n) is 10.8. The minimum absolute atomic E-state index is 0.271. The van der Waals surface area contributed by atoms with Crippen LogP contribution in [-0.4, -0.2) is 17.4 Å². The van der Waals surface area contributed by atoms with E-state index in [9.17, 15) is 9.18 Å². The molecule has 0 atom stereocenters. The number of halogens is 1. The summed E-state index contributed by atoms with van der Waals surface area (Å²) < 4.78 is 12.8. The normalized spacial score (nSPS) is 9.85. The van der Waals surface area contributed by atoms with E-state index in [1.807, 2.05) is 0 Å². The van der Waals surface area contributed by atoms with Crippen LogP contribution in [0, 0.1) is 5.82 Å². The summed E-state index contributed by atoms with van der Waals surface area (Å²) in [5, 5.41) is 5.73. The van der Waals surface area contributed by atoms with E-state index < -0.39 is 0 Å². The van der Waals surface area contributed by atoms with Crippen LogP contribution in [0.5, 0.6) is 0 Å². The number of hydrogen-bond acceptors (Lipinski definition) is 3. The molecule has 0 saturated carbocycles. The summed E-state index contributed by atoms with van der Waals surface area (Å²) in [4.78, 5) is 15.8. The molecule has 1 aromatic carbocycles. The molecule has 0 aliphatic carbocycles. The Kier molecular flexibility index (Phi) is 4.44. The maximum absolute atomic E-state index is 12.8. The molecule has 0 radical (unpaired) electrons. The highest BCUT2D eigenvalue weighted by atomic mass is 19.1. The van der Waals surface area contributed by atoms with Crippen molar-refractivity contribution in [3.63, 3.8) is 0 Å². The molecule has 0 saturated heterocycles. The zero-order chi connectivity index (χ0) is 14.4. The fourth-order valence-electron chi connectivity index (χ4n) is 1.59. The molecule has 0 fully saturated rings. The Morgan fingerprint density at radius 3 is 2.70 bits per heavy atom. The first-order valence-corrected chi connectivity index (χ1v) is 6.07. The summed E-state index contributed by atoms with van der Waals surface area (Å²) in [6.45, 7) is 3.91. The zero-order valence-corrected chi connectivity index (χ0v) is 10.8. The van der Waals surface area contributed by atoms with Crippen LogP contribution in [0.4, 0.5) is 15.8 Å². The Balaban J connectivity index is 2.11. The van der Waals surface area contributed by atoms with Gasteiger partial charge in [0.05, 0.1) is 0 Å². The average molecular weight is 271 g/mol. The number of anilines is 2. The van der Waals surface area contributed by atoms with E-state index in [0.29, 0.717) is 17.9 Å². The van der Waals surface area contributed by atoms with Gasteiger partial charge in [0, 0.05) is 24.1 Å². The van der Waals surface area contributed by atoms with Gasteiger partial charge in [0.25, 0.3) is 5.91 Å². The molecule has 5 heteroatoms. The van der Waals surface area contributed by atoms with E-state index in [1.54, 1.807) is 30.3 Å². The lowest BCUT2D eigenvalue weighted by Crippen LogP contribution is -2.24. The van der Waals surface area contributed by atoms with Crippen LogP contribution in [0.25, 0.3) is 0 Å². The third kappa shape index (κ3) is 3.65. The number of benzene rings is 1. The van der Waals surface area contributed by atoms with Gasteiger partial charge >= 0.3 is 0 Å². The van der Waals surface area contributed by atoms with Gasteiger partial charge in [0.2, 0.25) is 0 Å². The molecule has 0 unspecified atom stereocenters. The van der Waals surface area contributed by atoms with Gasteiger partial charge in [-0.15, -0.1) is 6.58 Å². The van der Waals surface area contributed by atoms with Gasteiger partial charge in [-0.05, 0) is 36.4 Å². The quantitative estimate of drug-likeness (QED) is 0.822. The summed E-state index contributed by atoms with van der Waals surface area (Å²) in [6.07, 6.45) is 3.13. The van der Waals surface area contributed by atoms with Gasteiger partial charge < -0.3 is 10.6 Å². The minimum Gasteiger partial charge on any atom is -0.355 e. The Bertz CT molecular complexity index is 611. The number of pyridine rings is 1. The number of rotatable bonds is 5. The molecule has 102 valence electrons. The van der Waals surface area contributed by atoms with Gasteiger partial charge in [-0.25, -0.2) is 4.39 Å². The Labute approximate surface area is 116 Å². The van der Waals surface area contributed by atoms with Gasteiger partial charge in [-0.1, -0.05) is 6.08 Å². The average Bonchev–Trinajstić information content (AvgIpc) is 2.47. The maximum Gasteiger partial charge on any atom is 0.270 e. The van der Waals surface area contributed by atoms with Crippen molar-refractivity contribution in [2.45, 2.75) is 0 Å². The van der Waals surface area contributed by atoms with Gasteiger partial charge in [0.15, 0.2) is 0 Å². The van der Waals surface area contributed by atoms with Crippen LogP contribution >= 0.6 is 0 Å². The molecule has 0 aliphatic rings. The number of nitrogens with one attached hydrogen (secondary N) is 2. The Morgan fingerprint density at radius 2 is 2.00 bits per heavy atom. The Hall–Kier alpha value is -2.69. The largest absolute Gasteiger partial charge is 0.355 e. The molecule has 1 heterocycles. The first-order valence-electron chi connectivity index (χ1n) is 6.07. The highest BCUT2D eigenvalue weighted by Crippen LogP contribution is 2.17. The molecular weight excluding hydrogens is 257 g/mol. The lowest BCUT2D eigenvalue weighted by atomic mass is 10.2. The van der Waals surface area contributed by atoms with Crippen molar-refractivity contribution in [2.75, 3.05) is 11.9 Å². The standard InChI is InChI=1S/C15H14FN3O/c1-2-8-18-15(20)14-10-13(7-9-17-14)19-12-5-3-11(16)4-6-12/h2-7,9-10H,1,8H2,(H,17,19)(H,18,20). The molecular formula is C15H14FN3O. The number of carbonyl (C=O) groups excluding carboxylic acids is 1. The molecule has 20 heavy (non-hydrogen) atoms. The van der Waals surface area contributed by atoms with Crippen molar-refractivity contribution in [3.05, 3.63) is 66.8 Å². The predicted molar refractivity (Wildman–Crippen MR) is 76.4 cm³/mol. The van der Waals surface area contributed by atoms with E-state index in [0.717, 1.165) is 5.69 Å². The van der Waals surface area contributed by atoms with Crippen LogP contribution in [0.2, 0.25) is 0 Å². The summed E-state index contributed by atoms with van der Waals surface area (Å²) in [6, 6.07) is 9.32. The third-order valence-electron chi connectivity index (χ3n) is 2.53. The van der Waals surface area contributed by atoms with Gasteiger partial charge in [-0.3, -0.25) is 9.78 Å². The molecule has 0 aliphatic heterocycles. The second-order valence-electron chi connectivity index (χ2n) is 4.06. The predicted octanol–water partition coefficient (Wildman–Crippen LogP) is 2.88. The van der Waals surface area contributed by atoms with Crippen LogP contribution in [0.1, 0.15) is 10.5 Å². The first kappa shape index (κ1) is 13.7. The number of nitrogens with zero attached hydrogens (tertiary/aromatic N) is 1. The monoisotopic (exact) mass is 271 g/mol. The Morgan fingerprint density at radius 1 is 1.25 bits per heavy atom. The van der Waals surface area contributed by atoms with E-state index >= 15 is 0 Å². The van der Waals surface area contributed by atoms with Crippen molar-refractivity contribution in [2.24, 2.45) is 0 Å². The van der Waals surface area contributed by atoms with Gasteiger partial charge in [0.1, 0.15) is 11.5 Å². The molecule has 0 bridgehead atoms. The van der Waals surface area contributed by atoms with Crippen molar-refractivity contribution >= 4 is 17.3 Å². The summed E-state index contributed by atoms with van der Waals surface area (Å²) in [5.74, 6) is -0.567. The van der Waals surface area contributed by atoms with Crippen molar-refractivity contribution in [1.82, 2.24) is 10.3 Å². The van der Waals surface area contributed by atoms with E-state index in [2.05, 4.69) is 22.2 Å². The molecule has 2 N–H and O–H groups in total. The molecule has 2 aromatic rings. The topological polar surface area (TPSA) is 54.0 Å².